The van der Waals surface area contributed by atoms with E-state index in [1.54, 1.807) is 0 Å². The molecule has 6 aromatic carbocycles. The van der Waals surface area contributed by atoms with Gasteiger partial charge in [-0.15, -0.1) is 22.7 Å². The second-order valence-electron chi connectivity index (χ2n) is 9.99. The van der Waals surface area contributed by atoms with E-state index in [0.717, 1.165) is 0 Å². The van der Waals surface area contributed by atoms with Crippen LogP contribution in [0.15, 0.2) is 127 Å². The van der Waals surface area contributed by atoms with Crippen molar-refractivity contribution >= 4 is 73.8 Å². The van der Waals surface area contributed by atoms with E-state index in [2.05, 4.69) is 112 Å². The Bertz CT molecular complexity index is 1990. The molecule has 41 heavy (non-hydrogen) atoms. The third kappa shape index (κ3) is 6.20. The van der Waals surface area contributed by atoms with E-state index in [4.69, 9.17) is 0 Å². The summed E-state index contributed by atoms with van der Waals surface area (Å²) < 4.78 is 5.60. The molecule has 0 atom stereocenters. The van der Waals surface area contributed by atoms with Crippen LogP contribution in [0.3, 0.4) is 0 Å². The van der Waals surface area contributed by atoms with Crippen molar-refractivity contribution in [2.45, 2.75) is 34.6 Å². The van der Waals surface area contributed by atoms with Crippen molar-refractivity contribution in [1.29, 1.82) is 0 Å². The standard InChI is InChI=1S/C23H14S2.2C7H8.C2H6/c1-13-6-11-20-18(12-13)17-10-8-14-7-9-16-15-4-2-3-5-19(15)24-22(16)21(14)23(17)25-20;2*1-7-5-3-2-4-6-7;1-2/h2-12H,1H3;2*2-6H,1H3;1-2H3. The minimum atomic E-state index is 1.32. The van der Waals surface area contributed by atoms with Gasteiger partial charge < -0.3 is 0 Å². The lowest BCUT2D eigenvalue weighted by atomic mass is 10.0. The summed E-state index contributed by atoms with van der Waals surface area (Å²) in [6.07, 6.45) is 0. The van der Waals surface area contributed by atoms with E-state index < -0.39 is 0 Å². The van der Waals surface area contributed by atoms with Gasteiger partial charge in [0.05, 0.1) is 0 Å². The number of thiophene rings is 2. The summed E-state index contributed by atoms with van der Waals surface area (Å²) in [7, 11) is 0. The van der Waals surface area contributed by atoms with Gasteiger partial charge in [0.25, 0.3) is 0 Å². The van der Waals surface area contributed by atoms with Crippen LogP contribution in [0.4, 0.5) is 0 Å². The van der Waals surface area contributed by atoms with Crippen molar-refractivity contribution < 1.29 is 0 Å². The molecule has 0 saturated carbocycles. The van der Waals surface area contributed by atoms with Crippen LogP contribution in [0, 0.1) is 20.8 Å². The Morgan fingerprint density at radius 2 is 0.878 bits per heavy atom. The maximum Gasteiger partial charge on any atom is 0.0448 e. The van der Waals surface area contributed by atoms with Crippen LogP contribution in [-0.2, 0) is 0 Å². The lowest BCUT2D eigenvalue weighted by Crippen LogP contribution is -1.75. The highest BCUT2D eigenvalue weighted by molar-refractivity contribution is 7.29. The molecular formula is C39H36S2. The molecule has 2 heteroatoms. The molecule has 0 amide bonds. The predicted molar refractivity (Wildman–Crippen MR) is 188 cm³/mol. The summed E-state index contributed by atoms with van der Waals surface area (Å²) >= 11 is 3.86. The van der Waals surface area contributed by atoms with Crippen molar-refractivity contribution in [1.82, 2.24) is 0 Å². The van der Waals surface area contributed by atoms with Gasteiger partial charge in [-0.3, -0.25) is 0 Å². The van der Waals surface area contributed by atoms with E-state index in [1.807, 2.05) is 72.9 Å². The average Bonchev–Trinajstić information content (AvgIpc) is 3.58. The molecule has 0 N–H and O–H groups in total. The molecular weight excluding hydrogens is 533 g/mol. The molecule has 0 aliphatic heterocycles. The Morgan fingerprint density at radius 1 is 0.390 bits per heavy atom. The van der Waals surface area contributed by atoms with Crippen LogP contribution in [0.1, 0.15) is 30.5 Å². The van der Waals surface area contributed by atoms with Gasteiger partial charge in [-0.2, -0.15) is 0 Å². The van der Waals surface area contributed by atoms with Crippen molar-refractivity contribution in [3.05, 3.63) is 144 Å². The monoisotopic (exact) mass is 568 g/mol. The van der Waals surface area contributed by atoms with Crippen molar-refractivity contribution in [3.8, 4) is 0 Å². The number of hydrogen-bond donors (Lipinski definition) is 0. The van der Waals surface area contributed by atoms with E-state index >= 15 is 0 Å². The molecule has 0 unspecified atom stereocenters. The second kappa shape index (κ2) is 13.1. The zero-order valence-corrected chi connectivity index (χ0v) is 26.1. The zero-order chi connectivity index (χ0) is 28.8. The Hall–Kier alpha value is -3.98. The highest BCUT2D eigenvalue weighted by atomic mass is 32.1. The fourth-order valence-electron chi connectivity index (χ4n) is 5.00. The Morgan fingerprint density at radius 3 is 1.41 bits per heavy atom. The molecule has 0 spiro atoms. The average molecular weight is 569 g/mol. The molecule has 0 aliphatic rings. The summed E-state index contributed by atoms with van der Waals surface area (Å²) in [5, 5.41) is 8.30. The van der Waals surface area contributed by atoms with Crippen LogP contribution in [0.5, 0.6) is 0 Å². The Labute approximate surface area is 251 Å². The second-order valence-corrected chi connectivity index (χ2v) is 12.1. The van der Waals surface area contributed by atoms with Crippen molar-refractivity contribution in [2.24, 2.45) is 0 Å². The first-order valence-electron chi connectivity index (χ1n) is 14.3. The number of hydrogen-bond acceptors (Lipinski definition) is 2. The SMILES string of the molecule is CC.Cc1ccc2sc3c(ccc4ccc5c6ccccc6sc5c43)c2c1.Cc1ccccc1.Cc1ccccc1. The highest BCUT2D eigenvalue weighted by Crippen LogP contribution is 2.45. The van der Waals surface area contributed by atoms with E-state index in [0.29, 0.717) is 0 Å². The molecule has 2 heterocycles. The van der Waals surface area contributed by atoms with E-state index in [9.17, 15) is 0 Å². The summed E-state index contributed by atoms with van der Waals surface area (Å²) in [6.45, 7) is 10.3. The molecule has 0 fully saturated rings. The van der Waals surface area contributed by atoms with Gasteiger partial charge in [0.2, 0.25) is 0 Å². The Balaban J connectivity index is 0.000000173. The summed E-state index contributed by atoms with van der Waals surface area (Å²) in [5.41, 5.74) is 3.97. The van der Waals surface area contributed by atoms with Crippen LogP contribution in [0.25, 0.3) is 51.1 Å². The minimum Gasteiger partial charge on any atom is -0.134 e. The lowest BCUT2D eigenvalue weighted by molar-refractivity contribution is 1.48. The van der Waals surface area contributed by atoms with Crippen LogP contribution < -0.4 is 0 Å². The molecule has 204 valence electrons. The molecule has 0 nitrogen and oxygen atoms in total. The summed E-state index contributed by atoms with van der Waals surface area (Å²) in [6, 6.07) is 45.3. The topological polar surface area (TPSA) is 0 Å². The maximum absolute atomic E-state index is 2.32. The van der Waals surface area contributed by atoms with Gasteiger partial charge in [0.1, 0.15) is 0 Å². The smallest absolute Gasteiger partial charge is 0.0448 e. The first kappa shape index (κ1) is 28.5. The first-order chi connectivity index (χ1) is 20.1. The van der Waals surface area contributed by atoms with Crippen LogP contribution in [0.2, 0.25) is 0 Å². The highest BCUT2D eigenvalue weighted by Gasteiger charge is 2.14. The van der Waals surface area contributed by atoms with Gasteiger partial charge in [-0.25, -0.2) is 0 Å². The predicted octanol–water partition coefficient (Wildman–Crippen LogP) is 12.9. The fourth-order valence-corrected chi connectivity index (χ4v) is 7.57. The molecule has 2 aromatic heterocycles. The molecule has 0 aliphatic carbocycles. The first-order valence-corrected chi connectivity index (χ1v) is 15.9. The quantitative estimate of drug-likeness (QED) is 0.171. The molecule has 8 aromatic rings. The number of benzene rings is 6. The van der Waals surface area contributed by atoms with Crippen LogP contribution >= 0.6 is 22.7 Å². The number of aryl methyl sites for hydroxylation is 3. The maximum atomic E-state index is 2.32. The minimum absolute atomic E-state index is 1.32. The van der Waals surface area contributed by atoms with Gasteiger partial charge in [-0.1, -0.05) is 140 Å². The number of fused-ring (bicyclic) bond motifs is 9. The molecule has 0 saturated heterocycles. The van der Waals surface area contributed by atoms with E-state index in [1.165, 1.54) is 67.8 Å². The van der Waals surface area contributed by atoms with Gasteiger partial charge >= 0.3 is 0 Å². The van der Waals surface area contributed by atoms with Gasteiger partial charge in [0.15, 0.2) is 0 Å². The van der Waals surface area contributed by atoms with Crippen LogP contribution in [-0.4, -0.2) is 0 Å². The van der Waals surface area contributed by atoms with Gasteiger partial charge in [-0.05, 0) is 44.4 Å². The molecule has 0 radical (unpaired) electrons. The fraction of sp³-hybridized carbons (Fsp3) is 0.128. The van der Waals surface area contributed by atoms with Crippen molar-refractivity contribution in [2.75, 3.05) is 0 Å². The summed E-state index contributed by atoms with van der Waals surface area (Å²) in [4.78, 5) is 0. The third-order valence-electron chi connectivity index (χ3n) is 7.00. The zero-order valence-electron chi connectivity index (χ0n) is 24.4. The Kier molecular flexibility index (Phi) is 9.14. The van der Waals surface area contributed by atoms with E-state index in [-0.39, 0.29) is 0 Å². The molecule has 8 rings (SSSR count). The number of rotatable bonds is 0. The largest absolute Gasteiger partial charge is 0.134 e. The molecule has 0 bridgehead atoms. The summed E-state index contributed by atoms with van der Waals surface area (Å²) in [5.74, 6) is 0. The van der Waals surface area contributed by atoms with Crippen molar-refractivity contribution in [3.63, 3.8) is 0 Å². The van der Waals surface area contributed by atoms with Gasteiger partial charge in [0, 0.05) is 45.7 Å². The third-order valence-corrected chi connectivity index (χ3v) is 9.41. The normalized spacial score (nSPS) is 10.6. The lowest BCUT2D eigenvalue weighted by Gasteiger charge is -2.02.